The summed E-state index contributed by atoms with van der Waals surface area (Å²) >= 11 is 0. The predicted molar refractivity (Wildman–Crippen MR) is 101 cm³/mol. The van der Waals surface area contributed by atoms with E-state index in [0.717, 1.165) is 69.7 Å². The highest BCUT2D eigenvalue weighted by molar-refractivity contribution is 7.91. The molecule has 1 atom stereocenters. The second kappa shape index (κ2) is 7.27. The number of alkyl halides is 3. The minimum atomic E-state index is -4.39. The van der Waals surface area contributed by atoms with Crippen LogP contribution in [0.1, 0.15) is 62.1 Å². The molecule has 0 aromatic carbocycles. The quantitative estimate of drug-likeness (QED) is 0.731. The van der Waals surface area contributed by atoms with Gasteiger partial charge in [0.25, 0.3) is 0 Å². The summed E-state index contributed by atoms with van der Waals surface area (Å²) in [7, 11) is -2.88. The number of sulfone groups is 1. The predicted octanol–water partition coefficient (Wildman–Crippen LogP) is 4.03. The lowest BCUT2D eigenvalue weighted by molar-refractivity contribution is -0.141. The Morgan fingerprint density at radius 3 is 2.43 bits per heavy atom. The van der Waals surface area contributed by atoms with Crippen LogP contribution in [0.15, 0.2) is 18.3 Å². The maximum absolute atomic E-state index is 12.7. The van der Waals surface area contributed by atoms with Gasteiger partial charge in [-0.1, -0.05) is 6.07 Å². The molecule has 2 saturated heterocycles. The first kappa shape index (κ1) is 20.1. The second-order valence-electron chi connectivity index (χ2n) is 8.90. The molecule has 2 aliphatic heterocycles. The first-order valence-corrected chi connectivity index (χ1v) is 12.0. The van der Waals surface area contributed by atoms with E-state index in [9.17, 15) is 21.6 Å². The zero-order chi connectivity index (χ0) is 20.0. The fourth-order valence-corrected chi connectivity index (χ4v) is 7.65. The van der Waals surface area contributed by atoms with Crippen molar-refractivity contribution in [3.63, 3.8) is 0 Å². The smallest absolute Gasteiger partial charge is 0.300 e. The average Bonchev–Trinajstić information content (AvgIpc) is 2.95. The fourth-order valence-electron chi connectivity index (χ4n) is 5.45. The number of hydrogen-bond donors (Lipinski definition) is 0. The summed E-state index contributed by atoms with van der Waals surface area (Å²) in [6, 6.07) is 3.11. The summed E-state index contributed by atoms with van der Waals surface area (Å²) in [5.74, 6) is 0.925. The van der Waals surface area contributed by atoms with Crippen molar-refractivity contribution >= 4 is 9.84 Å². The molecule has 0 N–H and O–H groups in total. The number of hydrogen-bond acceptors (Lipinski definition) is 4. The van der Waals surface area contributed by atoms with Crippen LogP contribution in [0.2, 0.25) is 0 Å². The van der Waals surface area contributed by atoms with E-state index in [4.69, 9.17) is 0 Å². The highest BCUT2D eigenvalue weighted by Gasteiger charge is 2.46. The van der Waals surface area contributed by atoms with Crippen molar-refractivity contribution in [3.8, 4) is 0 Å². The van der Waals surface area contributed by atoms with Gasteiger partial charge < -0.3 is 0 Å². The van der Waals surface area contributed by atoms with Gasteiger partial charge in [-0.2, -0.15) is 13.2 Å². The Hall–Kier alpha value is -1.15. The Morgan fingerprint density at radius 1 is 1.11 bits per heavy atom. The Labute approximate surface area is 164 Å². The lowest BCUT2D eigenvalue weighted by atomic mass is 9.76. The summed E-state index contributed by atoms with van der Waals surface area (Å²) in [4.78, 5) is 6.10. The van der Waals surface area contributed by atoms with Gasteiger partial charge in [0.2, 0.25) is 0 Å². The number of aromatic nitrogens is 1. The van der Waals surface area contributed by atoms with E-state index in [1.165, 1.54) is 6.20 Å². The van der Waals surface area contributed by atoms with Crippen LogP contribution >= 0.6 is 0 Å². The molecule has 0 unspecified atom stereocenters. The minimum Gasteiger partial charge on any atom is -0.300 e. The van der Waals surface area contributed by atoms with E-state index in [2.05, 4.69) is 9.88 Å². The van der Waals surface area contributed by atoms with Crippen LogP contribution in [0.25, 0.3) is 0 Å². The molecule has 1 aliphatic carbocycles. The third-order valence-corrected chi connectivity index (χ3v) is 8.80. The lowest BCUT2D eigenvalue weighted by Crippen LogP contribution is -2.49. The average molecular weight is 417 g/mol. The van der Waals surface area contributed by atoms with E-state index >= 15 is 0 Å². The topological polar surface area (TPSA) is 50.3 Å². The van der Waals surface area contributed by atoms with Crippen LogP contribution in [-0.2, 0) is 16.0 Å². The number of pyridine rings is 1. The maximum atomic E-state index is 12.7. The fraction of sp³-hybridized carbons (Fsp3) is 0.750. The van der Waals surface area contributed by atoms with E-state index in [-0.39, 0.29) is 11.3 Å². The van der Waals surface area contributed by atoms with Crippen LogP contribution in [0.5, 0.6) is 0 Å². The molecule has 3 heterocycles. The van der Waals surface area contributed by atoms with Crippen LogP contribution in [-0.4, -0.2) is 48.9 Å². The monoisotopic (exact) mass is 416 g/mol. The van der Waals surface area contributed by atoms with Gasteiger partial charge in [-0.3, -0.25) is 9.88 Å². The third-order valence-electron chi connectivity index (χ3n) is 6.92. The molecular formula is C20H27F3N2O2S. The number of halogens is 3. The normalized spacial score (nSPS) is 34.0. The van der Waals surface area contributed by atoms with Crippen LogP contribution in [0.4, 0.5) is 13.2 Å². The SMILES string of the molecule is O=S1(=O)CC[C@]2(CCCN([C@H]3CC[C@@H](c4ccc(C(F)(F)F)nc4)CC3)C2)C1. The maximum Gasteiger partial charge on any atom is 0.433 e. The zero-order valence-electron chi connectivity index (χ0n) is 15.9. The Morgan fingerprint density at radius 2 is 1.86 bits per heavy atom. The van der Waals surface area contributed by atoms with Crippen LogP contribution in [0, 0.1) is 5.41 Å². The molecule has 0 bridgehead atoms. The Kier molecular flexibility index (Phi) is 5.23. The molecule has 1 aromatic heterocycles. The van der Waals surface area contributed by atoms with E-state index in [1.807, 2.05) is 0 Å². The van der Waals surface area contributed by atoms with Crippen molar-refractivity contribution in [2.45, 2.75) is 63.1 Å². The van der Waals surface area contributed by atoms with Gasteiger partial charge in [0.15, 0.2) is 9.84 Å². The van der Waals surface area contributed by atoms with Crippen molar-refractivity contribution < 1.29 is 21.6 Å². The first-order chi connectivity index (χ1) is 13.2. The molecule has 0 radical (unpaired) electrons. The Balaban J connectivity index is 1.35. The van der Waals surface area contributed by atoms with E-state index in [0.29, 0.717) is 17.5 Å². The van der Waals surface area contributed by atoms with Crippen LogP contribution < -0.4 is 0 Å². The summed E-state index contributed by atoms with van der Waals surface area (Å²) in [5, 5.41) is 0. The number of rotatable bonds is 2. The van der Waals surface area contributed by atoms with Crippen molar-refractivity contribution in [1.82, 2.24) is 9.88 Å². The minimum absolute atomic E-state index is 0.0503. The molecule has 3 fully saturated rings. The molecule has 0 amide bonds. The van der Waals surface area contributed by atoms with Crippen molar-refractivity contribution in [2.24, 2.45) is 5.41 Å². The number of piperidine rings is 1. The second-order valence-corrected chi connectivity index (χ2v) is 11.1. The third kappa shape index (κ3) is 4.22. The highest BCUT2D eigenvalue weighted by atomic mass is 32.2. The molecule has 28 heavy (non-hydrogen) atoms. The Bertz CT molecular complexity index is 802. The summed E-state index contributed by atoms with van der Waals surface area (Å²) < 4.78 is 62.0. The highest BCUT2D eigenvalue weighted by Crippen LogP contribution is 2.43. The number of likely N-dealkylation sites (tertiary alicyclic amines) is 1. The molecule has 4 rings (SSSR count). The molecule has 8 heteroatoms. The van der Waals surface area contributed by atoms with Gasteiger partial charge in [-0.25, -0.2) is 8.42 Å². The standard InChI is InChI=1S/C20H27F3N2O2S/c21-20(22,23)18-7-4-16(12-24-18)15-2-5-17(6-3-15)25-10-1-8-19(13-25)9-11-28(26,27)14-19/h4,7,12,15,17H,1-3,5-6,8-11,13-14H2/t15-,17+,19-/m0/s1. The van der Waals surface area contributed by atoms with Gasteiger partial charge in [-0.05, 0) is 74.5 Å². The van der Waals surface area contributed by atoms with Gasteiger partial charge >= 0.3 is 6.18 Å². The van der Waals surface area contributed by atoms with Gasteiger partial charge in [0.05, 0.1) is 11.5 Å². The summed E-state index contributed by atoms with van der Waals surface area (Å²) in [6.07, 6.45) is 3.75. The van der Waals surface area contributed by atoms with Crippen LogP contribution in [0.3, 0.4) is 0 Å². The number of nitrogens with zero attached hydrogens (tertiary/aromatic N) is 2. The molecule has 1 spiro atoms. The summed E-state index contributed by atoms with van der Waals surface area (Å²) in [5.41, 5.74) is 0.00386. The molecule has 1 aromatic rings. The molecule has 156 valence electrons. The molecule has 3 aliphatic rings. The lowest BCUT2D eigenvalue weighted by Gasteiger charge is -2.45. The van der Waals surface area contributed by atoms with Crippen molar-refractivity contribution in [2.75, 3.05) is 24.6 Å². The van der Waals surface area contributed by atoms with Crippen molar-refractivity contribution in [3.05, 3.63) is 29.6 Å². The largest absolute Gasteiger partial charge is 0.433 e. The van der Waals surface area contributed by atoms with E-state index in [1.54, 1.807) is 6.07 Å². The van der Waals surface area contributed by atoms with E-state index < -0.39 is 21.7 Å². The van der Waals surface area contributed by atoms with Gasteiger partial charge in [-0.15, -0.1) is 0 Å². The molecule has 4 nitrogen and oxygen atoms in total. The summed E-state index contributed by atoms with van der Waals surface area (Å²) in [6.45, 7) is 1.91. The van der Waals surface area contributed by atoms with Crippen molar-refractivity contribution in [1.29, 1.82) is 0 Å². The first-order valence-electron chi connectivity index (χ1n) is 10.1. The molecule has 1 saturated carbocycles. The zero-order valence-corrected chi connectivity index (χ0v) is 16.7. The molecular weight excluding hydrogens is 389 g/mol. The van der Waals surface area contributed by atoms with Gasteiger partial charge in [0.1, 0.15) is 5.69 Å². The van der Waals surface area contributed by atoms with Gasteiger partial charge in [0, 0.05) is 18.8 Å².